The molecule has 3 nitrogen and oxygen atoms in total. The van der Waals surface area contributed by atoms with E-state index in [2.05, 4.69) is 4.98 Å². The Morgan fingerprint density at radius 1 is 1.58 bits per heavy atom. The normalized spacial score (nSPS) is 12.9. The van der Waals surface area contributed by atoms with E-state index in [0.717, 1.165) is 0 Å². The third kappa shape index (κ3) is 2.44. The van der Waals surface area contributed by atoms with Crippen molar-refractivity contribution < 1.29 is 5.11 Å². The van der Waals surface area contributed by atoms with Crippen molar-refractivity contribution in [2.45, 2.75) is 12.5 Å². The van der Waals surface area contributed by atoms with Crippen LogP contribution in [0.15, 0.2) is 18.2 Å². The van der Waals surface area contributed by atoms with Gasteiger partial charge in [-0.1, -0.05) is 17.7 Å². The summed E-state index contributed by atoms with van der Waals surface area (Å²) in [4.78, 5) is 3.95. The Morgan fingerprint density at radius 2 is 2.33 bits per heavy atom. The van der Waals surface area contributed by atoms with E-state index >= 15 is 0 Å². The molecule has 1 aromatic heterocycles. The number of aliphatic hydroxyl groups is 1. The standard InChI is InChI=1S/C8H11ClN2O/c9-8-3-1-2-6(11-8)7(12)4-5-10/h1-3,7,12H,4-5,10H2/t7-/m0/s1. The molecule has 12 heavy (non-hydrogen) atoms. The molecule has 0 aliphatic rings. The summed E-state index contributed by atoms with van der Waals surface area (Å²) in [6.07, 6.45) is -0.0958. The predicted octanol–water partition coefficient (Wildman–Crippen LogP) is 1.12. The van der Waals surface area contributed by atoms with E-state index in [0.29, 0.717) is 23.8 Å². The minimum absolute atomic E-state index is 0.392. The number of nitrogens with zero attached hydrogens (tertiary/aromatic N) is 1. The zero-order chi connectivity index (χ0) is 8.97. The largest absolute Gasteiger partial charge is 0.387 e. The molecular formula is C8H11ClN2O. The molecular weight excluding hydrogens is 176 g/mol. The molecule has 4 heteroatoms. The first-order valence-electron chi connectivity index (χ1n) is 3.74. The number of pyridine rings is 1. The number of aliphatic hydroxyl groups excluding tert-OH is 1. The van der Waals surface area contributed by atoms with E-state index < -0.39 is 6.10 Å². The Hall–Kier alpha value is -0.640. The van der Waals surface area contributed by atoms with E-state index in [1.54, 1.807) is 18.2 Å². The van der Waals surface area contributed by atoms with Gasteiger partial charge in [0.15, 0.2) is 0 Å². The van der Waals surface area contributed by atoms with Gasteiger partial charge in [-0.3, -0.25) is 0 Å². The Morgan fingerprint density at radius 3 is 2.92 bits per heavy atom. The maximum atomic E-state index is 9.44. The van der Waals surface area contributed by atoms with Crippen LogP contribution in [0, 0.1) is 0 Å². The molecule has 0 aliphatic heterocycles. The SMILES string of the molecule is NCC[C@H](O)c1cccc(Cl)n1. The maximum absolute atomic E-state index is 9.44. The molecule has 0 saturated heterocycles. The average molecular weight is 187 g/mol. The second kappa shape index (κ2) is 4.40. The number of rotatable bonds is 3. The minimum Gasteiger partial charge on any atom is -0.387 e. The Balaban J connectivity index is 2.73. The van der Waals surface area contributed by atoms with E-state index in [1.807, 2.05) is 0 Å². The van der Waals surface area contributed by atoms with Crippen LogP contribution in [-0.4, -0.2) is 16.6 Å². The molecule has 0 unspecified atom stereocenters. The fourth-order valence-corrected chi connectivity index (χ4v) is 1.09. The topological polar surface area (TPSA) is 59.1 Å². The van der Waals surface area contributed by atoms with Gasteiger partial charge >= 0.3 is 0 Å². The summed E-state index contributed by atoms with van der Waals surface area (Å²) in [5, 5.41) is 9.84. The van der Waals surface area contributed by atoms with Gasteiger partial charge in [0, 0.05) is 0 Å². The molecule has 0 bridgehead atoms. The molecule has 0 aromatic carbocycles. The van der Waals surface area contributed by atoms with E-state index in [-0.39, 0.29) is 0 Å². The van der Waals surface area contributed by atoms with Gasteiger partial charge in [-0.2, -0.15) is 0 Å². The highest BCUT2D eigenvalue weighted by Gasteiger charge is 2.07. The van der Waals surface area contributed by atoms with Crippen LogP contribution in [0.1, 0.15) is 18.2 Å². The molecule has 0 spiro atoms. The zero-order valence-corrected chi connectivity index (χ0v) is 7.33. The first-order valence-corrected chi connectivity index (χ1v) is 4.12. The highest BCUT2D eigenvalue weighted by molar-refractivity contribution is 6.29. The number of halogens is 1. The van der Waals surface area contributed by atoms with Gasteiger partial charge < -0.3 is 10.8 Å². The third-order valence-corrected chi connectivity index (χ3v) is 1.73. The molecule has 0 amide bonds. The van der Waals surface area contributed by atoms with E-state index in [4.69, 9.17) is 17.3 Å². The van der Waals surface area contributed by atoms with Gasteiger partial charge in [0.2, 0.25) is 0 Å². The number of aromatic nitrogens is 1. The van der Waals surface area contributed by atoms with Crippen molar-refractivity contribution in [3.63, 3.8) is 0 Å². The second-order valence-corrected chi connectivity index (χ2v) is 2.87. The van der Waals surface area contributed by atoms with Crippen molar-refractivity contribution in [1.82, 2.24) is 4.98 Å². The van der Waals surface area contributed by atoms with Crippen LogP contribution in [0.2, 0.25) is 5.15 Å². The minimum atomic E-state index is -0.603. The Kier molecular flexibility index (Phi) is 3.47. The van der Waals surface area contributed by atoms with Crippen molar-refractivity contribution in [1.29, 1.82) is 0 Å². The quantitative estimate of drug-likeness (QED) is 0.696. The van der Waals surface area contributed by atoms with Crippen molar-refractivity contribution in [3.05, 3.63) is 29.0 Å². The van der Waals surface area contributed by atoms with Crippen LogP contribution < -0.4 is 5.73 Å². The highest BCUT2D eigenvalue weighted by atomic mass is 35.5. The average Bonchev–Trinajstić information content (AvgIpc) is 2.05. The molecule has 1 heterocycles. The predicted molar refractivity (Wildman–Crippen MR) is 47.9 cm³/mol. The first-order chi connectivity index (χ1) is 5.74. The van der Waals surface area contributed by atoms with Gasteiger partial charge in [0.25, 0.3) is 0 Å². The molecule has 0 aliphatic carbocycles. The molecule has 0 radical (unpaired) electrons. The lowest BCUT2D eigenvalue weighted by molar-refractivity contribution is 0.165. The number of hydrogen-bond acceptors (Lipinski definition) is 3. The van der Waals surface area contributed by atoms with Gasteiger partial charge in [-0.25, -0.2) is 4.98 Å². The lowest BCUT2D eigenvalue weighted by Crippen LogP contribution is -2.07. The van der Waals surface area contributed by atoms with Crippen molar-refractivity contribution in [2.75, 3.05) is 6.54 Å². The molecule has 1 aromatic rings. The summed E-state index contributed by atoms with van der Waals surface area (Å²) in [5.74, 6) is 0. The van der Waals surface area contributed by atoms with Crippen LogP contribution in [-0.2, 0) is 0 Å². The van der Waals surface area contributed by atoms with Crippen LogP contribution in [0.5, 0.6) is 0 Å². The monoisotopic (exact) mass is 186 g/mol. The summed E-state index contributed by atoms with van der Waals surface area (Å²) in [5.41, 5.74) is 5.86. The Bertz CT molecular complexity index is 255. The van der Waals surface area contributed by atoms with Crippen LogP contribution >= 0.6 is 11.6 Å². The highest BCUT2D eigenvalue weighted by Crippen LogP contribution is 2.15. The molecule has 1 rings (SSSR count). The summed E-state index contributed by atoms with van der Waals surface area (Å²) >= 11 is 5.64. The smallest absolute Gasteiger partial charge is 0.129 e. The van der Waals surface area contributed by atoms with Crippen LogP contribution in [0.25, 0.3) is 0 Å². The molecule has 66 valence electrons. The summed E-state index contributed by atoms with van der Waals surface area (Å²) in [6, 6.07) is 5.15. The van der Waals surface area contributed by atoms with Crippen LogP contribution in [0.4, 0.5) is 0 Å². The summed E-state index contributed by atoms with van der Waals surface area (Å²) in [7, 11) is 0. The first kappa shape index (κ1) is 9.45. The summed E-state index contributed by atoms with van der Waals surface area (Å²) in [6.45, 7) is 0.440. The fraction of sp³-hybridized carbons (Fsp3) is 0.375. The third-order valence-electron chi connectivity index (χ3n) is 1.52. The molecule has 1 atom stereocenters. The maximum Gasteiger partial charge on any atom is 0.129 e. The van der Waals surface area contributed by atoms with Crippen molar-refractivity contribution >= 4 is 11.6 Å². The lowest BCUT2D eigenvalue weighted by atomic mass is 10.2. The van der Waals surface area contributed by atoms with E-state index in [1.165, 1.54) is 0 Å². The molecule has 0 fully saturated rings. The van der Waals surface area contributed by atoms with Crippen molar-refractivity contribution in [2.24, 2.45) is 5.73 Å². The Labute approximate surface area is 76.2 Å². The number of hydrogen-bond donors (Lipinski definition) is 2. The second-order valence-electron chi connectivity index (χ2n) is 2.48. The summed E-state index contributed by atoms with van der Waals surface area (Å²) < 4.78 is 0. The van der Waals surface area contributed by atoms with Gasteiger partial charge in [-0.05, 0) is 25.1 Å². The lowest BCUT2D eigenvalue weighted by Gasteiger charge is -2.07. The zero-order valence-electron chi connectivity index (χ0n) is 6.57. The van der Waals surface area contributed by atoms with Crippen molar-refractivity contribution in [3.8, 4) is 0 Å². The van der Waals surface area contributed by atoms with Crippen LogP contribution in [0.3, 0.4) is 0 Å². The van der Waals surface area contributed by atoms with Gasteiger partial charge in [0.05, 0.1) is 11.8 Å². The molecule has 3 N–H and O–H groups in total. The fourth-order valence-electron chi connectivity index (χ4n) is 0.915. The van der Waals surface area contributed by atoms with Gasteiger partial charge in [-0.15, -0.1) is 0 Å². The van der Waals surface area contributed by atoms with E-state index in [9.17, 15) is 5.11 Å². The number of nitrogens with two attached hydrogens (primary N) is 1. The van der Waals surface area contributed by atoms with Gasteiger partial charge in [0.1, 0.15) is 5.15 Å². The molecule has 0 saturated carbocycles.